The van der Waals surface area contributed by atoms with Gasteiger partial charge in [-0.15, -0.1) is 0 Å². The molecule has 0 fully saturated rings. The standard InChI is InChI=1S/C24H36N2O3/c1-6-7-12-29-23(28)21(26-22(27)13-17(2)15-24(3,4)5)14-18-16-25-20-11-9-8-10-19(18)20/h8-11,16-17,21,25H,6-7,12-15H2,1-5H3,(H,26,27). The van der Waals surface area contributed by atoms with Crippen LogP contribution in [0.25, 0.3) is 10.9 Å². The van der Waals surface area contributed by atoms with E-state index in [-0.39, 0.29) is 23.2 Å². The Balaban J connectivity index is 2.08. The number of rotatable bonds is 10. The second kappa shape index (κ2) is 10.5. The number of para-hydroxylation sites is 1. The van der Waals surface area contributed by atoms with Crippen molar-refractivity contribution in [2.24, 2.45) is 11.3 Å². The largest absolute Gasteiger partial charge is 0.464 e. The van der Waals surface area contributed by atoms with Crippen molar-refractivity contribution >= 4 is 22.8 Å². The van der Waals surface area contributed by atoms with Crippen LogP contribution in [0.4, 0.5) is 0 Å². The first kappa shape index (κ1) is 23.0. The lowest BCUT2D eigenvalue weighted by molar-refractivity contribution is -0.148. The minimum atomic E-state index is -0.680. The molecular formula is C24H36N2O3. The van der Waals surface area contributed by atoms with Crippen LogP contribution in [-0.2, 0) is 20.7 Å². The number of unbranched alkanes of at least 4 members (excludes halogenated alkanes) is 1. The Morgan fingerprint density at radius 3 is 2.62 bits per heavy atom. The maximum atomic E-state index is 12.7. The molecule has 2 rings (SSSR count). The SMILES string of the molecule is CCCCOC(=O)C(Cc1c[nH]c2ccccc12)NC(=O)CC(C)CC(C)(C)C. The first-order valence-corrected chi connectivity index (χ1v) is 10.7. The number of carbonyl (C=O) groups is 2. The highest BCUT2D eigenvalue weighted by molar-refractivity contribution is 5.87. The predicted molar refractivity (Wildman–Crippen MR) is 118 cm³/mol. The van der Waals surface area contributed by atoms with Crippen molar-refractivity contribution in [2.45, 2.75) is 72.8 Å². The minimum absolute atomic E-state index is 0.0981. The molecule has 0 aliphatic heterocycles. The number of amides is 1. The van der Waals surface area contributed by atoms with Gasteiger partial charge in [0.15, 0.2) is 0 Å². The molecule has 1 aromatic heterocycles. The highest BCUT2D eigenvalue weighted by Crippen LogP contribution is 2.26. The Kier molecular flexibility index (Phi) is 8.30. The van der Waals surface area contributed by atoms with Gasteiger partial charge >= 0.3 is 5.97 Å². The lowest BCUT2D eigenvalue weighted by Gasteiger charge is -2.24. The van der Waals surface area contributed by atoms with E-state index >= 15 is 0 Å². The molecule has 0 aliphatic rings. The number of benzene rings is 1. The number of aromatic amines is 1. The van der Waals surface area contributed by atoms with E-state index in [0.717, 1.165) is 35.7 Å². The van der Waals surface area contributed by atoms with Crippen LogP contribution in [0.2, 0.25) is 0 Å². The number of ether oxygens (including phenoxy) is 1. The molecule has 0 bridgehead atoms. The number of nitrogens with one attached hydrogen (secondary N) is 2. The molecule has 0 radical (unpaired) electrons. The molecule has 1 heterocycles. The average Bonchev–Trinajstić information content (AvgIpc) is 3.02. The van der Waals surface area contributed by atoms with Crippen molar-refractivity contribution in [1.82, 2.24) is 10.3 Å². The summed E-state index contributed by atoms with van der Waals surface area (Å²) in [6.45, 7) is 11.0. The van der Waals surface area contributed by atoms with Gasteiger partial charge in [0.2, 0.25) is 5.91 Å². The van der Waals surface area contributed by atoms with Crippen LogP contribution in [0.5, 0.6) is 0 Å². The van der Waals surface area contributed by atoms with E-state index in [1.807, 2.05) is 30.5 Å². The summed E-state index contributed by atoms with van der Waals surface area (Å²) in [5, 5.41) is 4.00. The van der Waals surface area contributed by atoms with Crippen LogP contribution in [0.15, 0.2) is 30.5 Å². The Bertz CT molecular complexity index is 804. The third-order valence-electron chi connectivity index (χ3n) is 4.96. The van der Waals surface area contributed by atoms with Gasteiger partial charge in [-0.3, -0.25) is 4.79 Å². The Labute approximate surface area is 174 Å². The lowest BCUT2D eigenvalue weighted by atomic mass is 9.84. The summed E-state index contributed by atoms with van der Waals surface area (Å²) >= 11 is 0. The fraction of sp³-hybridized carbons (Fsp3) is 0.583. The topological polar surface area (TPSA) is 71.2 Å². The molecule has 0 saturated carbocycles. The van der Waals surface area contributed by atoms with Crippen molar-refractivity contribution in [3.8, 4) is 0 Å². The number of carbonyl (C=O) groups excluding carboxylic acids is 2. The normalized spacial score (nSPS) is 13.8. The lowest BCUT2D eigenvalue weighted by Crippen LogP contribution is -2.44. The zero-order valence-electron chi connectivity index (χ0n) is 18.5. The second-order valence-electron chi connectivity index (χ2n) is 9.28. The van der Waals surface area contributed by atoms with Gasteiger partial charge in [-0.1, -0.05) is 59.2 Å². The number of esters is 1. The minimum Gasteiger partial charge on any atom is -0.464 e. The van der Waals surface area contributed by atoms with Gasteiger partial charge in [-0.2, -0.15) is 0 Å². The van der Waals surface area contributed by atoms with E-state index in [0.29, 0.717) is 19.4 Å². The van der Waals surface area contributed by atoms with Crippen LogP contribution in [0.3, 0.4) is 0 Å². The third kappa shape index (κ3) is 7.56. The van der Waals surface area contributed by atoms with Gasteiger partial charge in [-0.25, -0.2) is 4.79 Å². The summed E-state index contributed by atoms with van der Waals surface area (Å²) in [4.78, 5) is 28.6. The molecule has 2 aromatic rings. The molecule has 2 N–H and O–H groups in total. The molecule has 160 valence electrons. The van der Waals surface area contributed by atoms with E-state index in [2.05, 4.69) is 44.9 Å². The highest BCUT2D eigenvalue weighted by atomic mass is 16.5. The predicted octanol–water partition coefficient (Wildman–Crippen LogP) is 5.00. The van der Waals surface area contributed by atoms with E-state index in [4.69, 9.17) is 4.74 Å². The van der Waals surface area contributed by atoms with Crippen LogP contribution in [0, 0.1) is 11.3 Å². The molecule has 1 aromatic carbocycles. The Hall–Kier alpha value is -2.30. The van der Waals surface area contributed by atoms with E-state index < -0.39 is 6.04 Å². The van der Waals surface area contributed by atoms with Gasteiger partial charge in [0.1, 0.15) is 6.04 Å². The first-order valence-electron chi connectivity index (χ1n) is 10.7. The summed E-state index contributed by atoms with van der Waals surface area (Å²) in [6.07, 6.45) is 5.46. The van der Waals surface area contributed by atoms with Crippen LogP contribution in [0.1, 0.15) is 65.9 Å². The highest BCUT2D eigenvalue weighted by Gasteiger charge is 2.25. The molecule has 2 atom stereocenters. The van der Waals surface area contributed by atoms with Crippen LogP contribution >= 0.6 is 0 Å². The quantitative estimate of drug-likeness (QED) is 0.435. The Morgan fingerprint density at radius 2 is 1.93 bits per heavy atom. The molecule has 0 saturated heterocycles. The van der Waals surface area contributed by atoms with Gasteiger partial charge in [0.25, 0.3) is 0 Å². The van der Waals surface area contributed by atoms with Crippen molar-refractivity contribution in [1.29, 1.82) is 0 Å². The first-order chi connectivity index (χ1) is 13.7. The molecule has 0 aliphatic carbocycles. The summed E-state index contributed by atoms with van der Waals surface area (Å²) in [6, 6.07) is 7.28. The van der Waals surface area contributed by atoms with Gasteiger partial charge in [-0.05, 0) is 35.8 Å². The van der Waals surface area contributed by atoms with Crippen molar-refractivity contribution < 1.29 is 14.3 Å². The van der Waals surface area contributed by atoms with E-state index in [1.54, 1.807) is 0 Å². The van der Waals surface area contributed by atoms with Gasteiger partial charge in [0, 0.05) is 29.9 Å². The monoisotopic (exact) mass is 400 g/mol. The molecular weight excluding hydrogens is 364 g/mol. The van der Waals surface area contributed by atoms with Gasteiger partial charge in [0.05, 0.1) is 6.61 Å². The number of fused-ring (bicyclic) bond motifs is 1. The summed E-state index contributed by atoms with van der Waals surface area (Å²) < 4.78 is 5.43. The fourth-order valence-electron chi connectivity index (χ4n) is 3.82. The maximum absolute atomic E-state index is 12.7. The number of aromatic nitrogens is 1. The van der Waals surface area contributed by atoms with E-state index in [1.165, 1.54) is 0 Å². The zero-order valence-corrected chi connectivity index (χ0v) is 18.5. The summed E-state index contributed by atoms with van der Waals surface area (Å²) in [5.41, 5.74) is 2.19. The molecule has 29 heavy (non-hydrogen) atoms. The Morgan fingerprint density at radius 1 is 1.21 bits per heavy atom. The second-order valence-corrected chi connectivity index (χ2v) is 9.28. The zero-order chi connectivity index (χ0) is 21.4. The molecule has 2 unspecified atom stereocenters. The molecule has 1 amide bonds. The molecule has 5 heteroatoms. The van der Waals surface area contributed by atoms with Crippen molar-refractivity contribution in [2.75, 3.05) is 6.61 Å². The van der Waals surface area contributed by atoms with Gasteiger partial charge < -0.3 is 15.0 Å². The fourth-order valence-corrected chi connectivity index (χ4v) is 3.82. The van der Waals surface area contributed by atoms with Crippen molar-refractivity contribution in [3.05, 3.63) is 36.0 Å². The maximum Gasteiger partial charge on any atom is 0.328 e. The average molecular weight is 401 g/mol. The number of hydrogen-bond donors (Lipinski definition) is 2. The summed E-state index contributed by atoms with van der Waals surface area (Å²) in [7, 11) is 0. The van der Waals surface area contributed by atoms with Crippen molar-refractivity contribution in [3.63, 3.8) is 0 Å². The summed E-state index contributed by atoms with van der Waals surface area (Å²) in [5.74, 6) is -0.209. The smallest absolute Gasteiger partial charge is 0.328 e. The number of H-pyrrole nitrogens is 1. The third-order valence-corrected chi connectivity index (χ3v) is 4.96. The number of hydrogen-bond acceptors (Lipinski definition) is 3. The van der Waals surface area contributed by atoms with Crippen LogP contribution in [-0.4, -0.2) is 29.5 Å². The molecule has 5 nitrogen and oxygen atoms in total. The van der Waals surface area contributed by atoms with E-state index in [9.17, 15) is 9.59 Å². The van der Waals surface area contributed by atoms with Crippen LogP contribution < -0.4 is 5.32 Å². The molecule has 0 spiro atoms.